The number of aromatic nitrogens is 2. The molecule has 0 spiro atoms. The van der Waals surface area contributed by atoms with Crippen LogP contribution in [0.4, 0.5) is 5.69 Å². The molecule has 1 aromatic carbocycles. The minimum atomic E-state index is -0.917. The van der Waals surface area contributed by atoms with E-state index < -0.39 is 5.97 Å². The zero-order valence-electron chi connectivity index (χ0n) is 9.92. The molecule has 0 aliphatic rings. The van der Waals surface area contributed by atoms with E-state index >= 15 is 0 Å². The lowest BCUT2D eigenvalue weighted by atomic mass is 10.0. The second-order valence-corrected chi connectivity index (χ2v) is 3.93. The summed E-state index contributed by atoms with van der Waals surface area (Å²) >= 11 is 0. The first-order valence-electron chi connectivity index (χ1n) is 5.48. The number of hydrogen-bond donors (Lipinski definition) is 2. The molecule has 5 nitrogen and oxygen atoms in total. The van der Waals surface area contributed by atoms with E-state index in [1.54, 1.807) is 24.5 Å². The van der Waals surface area contributed by atoms with Gasteiger partial charge >= 0.3 is 5.97 Å². The number of nitrogens with zero attached hydrogens (tertiary/aromatic N) is 2. The first-order valence-corrected chi connectivity index (χ1v) is 5.48. The number of aromatic carboxylic acids is 1. The second kappa shape index (κ2) is 5.27. The van der Waals surface area contributed by atoms with Gasteiger partial charge < -0.3 is 10.4 Å². The lowest BCUT2D eigenvalue weighted by Gasteiger charge is -2.09. The third kappa shape index (κ3) is 2.82. The van der Waals surface area contributed by atoms with Crippen LogP contribution in [-0.2, 0) is 6.54 Å². The van der Waals surface area contributed by atoms with E-state index in [1.165, 1.54) is 6.33 Å². The van der Waals surface area contributed by atoms with Gasteiger partial charge in [0.1, 0.15) is 6.33 Å². The molecule has 0 saturated carbocycles. The van der Waals surface area contributed by atoms with E-state index in [4.69, 9.17) is 5.11 Å². The molecule has 5 heteroatoms. The molecule has 0 aliphatic carbocycles. The smallest absolute Gasteiger partial charge is 0.335 e. The summed E-state index contributed by atoms with van der Waals surface area (Å²) < 4.78 is 0. The van der Waals surface area contributed by atoms with Crippen LogP contribution in [0, 0.1) is 6.92 Å². The molecule has 1 aromatic heterocycles. The van der Waals surface area contributed by atoms with Crippen molar-refractivity contribution in [2.24, 2.45) is 0 Å². The summed E-state index contributed by atoms with van der Waals surface area (Å²) in [5, 5.41) is 12.1. The lowest BCUT2D eigenvalue weighted by molar-refractivity contribution is 0.0697. The second-order valence-electron chi connectivity index (χ2n) is 3.93. The highest BCUT2D eigenvalue weighted by molar-refractivity contribution is 5.87. The van der Waals surface area contributed by atoms with Gasteiger partial charge in [-0.15, -0.1) is 0 Å². The molecule has 2 N–H and O–H groups in total. The summed E-state index contributed by atoms with van der Waals surface area (Å²) in [6.07, 6.45) is 4.80. The number of carboxylic acids is 1. The highest BCUT2D eigenvalue weighted by Gasteiger charge is 2.06. The Labute approximate surface area is 105 Å². The largest absolute Gasteiger partial charge is 0.478 e. The Hall–Kier alpha value is -2.43. The monoisotopic (exact) mass is 243 g/mol. The number of benzene rings is 1. The fourth-order valence-corrected chi connectivity index (χ4v) is 1.58. The molecular formula is C13H13N3O2. The Morgan fingerprint density at radius 1 is 1.33 bits per heavy atom. The van der Waals surface area contributed by atoms with Crippen molar-refractivity contribution in [2.75, 3.05) is 5.32 Å². The van der Waals surface area contributed by atoms with Gasteiger partial charge in [-0.2, -0.15) is 0 Å². The molecule has 0 radical (unpaired) electrons. The van der Waals surface area contributed by atoms with Crippen LogP contribution in [0.15, 0.2) is 36.9 Å². The van der Waals surface area contributed by atoms with Crippen molar-refractivity contribution in [2.45, 2.75) is 13.5 Å². The SMILES string of the molecule is Cc1ccc(C(=O)O)cc1CNc1cncnc1. The Morgan fingerprint density at radius 3 is 2.72 bits per heavy atom. The summed E-state index contributed by atoms with van der Waals surface area (Å²) in [7, 11) is 0. The van der Waals surface area contributed by atoms with E-state index in [0.717, 1.165) is 16.8 Å². The van der Waals surface area contributed by atoms with Crippen molar-refractivity contribution in [3.05, 3.63) is 53.6 Å². The van der Waals surface area contributed by atoms with E-state index in [2.05, 4.69) is 15.3 Å². The quantitative estimate of drug-likeness (QED) is 0.860. The minimum absolute atomic E-state index is 0.293. The molecule has 1 heterocycles. The van der Waals surface area contributed by atoms with Gasteiger partial charge in [0.15, 0.2) is 0 Å². The Bertz CT molecular complexity index is 555. The number of nitrogens with one attached hydrogen (secondary N) is 1. The third-order valence-electron chi connectivity index (χ3n) is 2.64. The number of carboxylic acid groups (broad SMARTS) is 1. The number of anilines is 1. The fraction of sp³-hybridized carbons (Fsp3) is 0.154. The molecule has 0 unspecified atom stereocenters. The van der Waals surface area contributed by atoms with Crippen molar-refractivity contribution in [1.82, 2.24) is 9.97 Å². The summed E-state index contributed by atoms with van der Waals surface area (Å²) in [5.74, 6) is -0.917. The van der Waals surface area contributed by atoms with Crippen LogP contribution in [0.25, 0.3) is 0 Å². The van der Waals surface area contributed by atoms with E-state index in [-0.39, 0.29) is 0 Å². The summed E-state index contributed by atoms with van der Waals surface area (Å²) in [5.41, 5.74) is 3.09. The molecule has 0 atom stereocenters. The van der Waals surface area contributed by atoms with Crippen molar-refractivity contribution >= 4 is 11.7 Å². The van der Waals surface area contributed by atoms with Crippen LogP contribution in [0.2, 0.25) is 0 Å². The average molecular weight is 243 g/mol. The molecule has 0 aliphatic heterocycles. The maximum atomic E-state index is 10.9. The molecule has 2 aromatic rings. The normalized spacial score (nSPS) is 10.1. The molecule has 18 heavy (non-hydrogen) atoms. The number of aryl methyl sites for hydroxylation is 1. The van der Waals surface area contributed by atoms with Gasteiger partial charge in [0.25, 0.3) is 0 Å². The van der Waals surface area contributed by atoms with Crippen molar-refractivity contribution in [1.29, 1.82) is 0 Å². The van der Waals surface area contributed by atoms with Crippen LogP contribution in [0.5, 0.6) is 0 Å². The lowest BCUT2D eigenvalue weighted by Crippen LogP contribution is -2.04. The molecule has 2 rings (SSSR count). The first kappa shape index (κ1) is 12.0. The maximum Gasteiger partial charge on any atom is 0.335 e. The van der Waals surface area contributed by atoms with Gasteiger partial charge in [0.2, 0.25) is 0 Å². The fourth-order valence-electron chi connectivity index (χ4n) is 1.58. The zero-order valence-corrected chi connectivity index (χ0v) is 9.92. The molecular weight excluding hydrogens is 230 g/mol. The van der Waals surface area contributed by atoms with Gasteiger partial charge in [-0.25, -0.2) is 14.8 Å². The van der Waals surface area contributed by atoms with Gasteiger partial charge in [-0.1, -0.05) is 6.07 Å². The first-order chi connectivity index (χ1) is 8.66. The van der Waals surface area contributed by atoms with Gasteiger partial charge in [0, 0.05) is 6.54 Å². The summed E-state index contributed by atoms with van der Waals surface area (Å²) in [6.45, 7) is 2.49. The van der Waals surface area contributed by atoms with E-state index in [1.807, 2.05) is 13.0 Å². The number of rotatable bonds is 4. The topological polar surface area (TPSA) is 75.1 Å². The molecule has 0 bridgehead atoms. The van der Waals surface area contributed by atoms with Gasteiger partial charge in [0.05, 0.1) is 23.6 Å². The molecule has 0 amide bonds. The predicted octanol–water partition coefficient (Wildman–Crippen LogP) is 2.10. The number of carbonyl (C=O) groups is 1. The minimum Gasteiger partial charge on any atom is -0.478 e. The average Bonchev–Trinajstić information content (AvgIpc) is 2.38. The van der Waals surface area contributed by atoms with Crippen LogP contribution in [0.1, 0.15) is 21.5 Å². The molecule has 0 fully saturated rings. The maximum absolute atomic E-state index is 10.9. The van der Waals surface area contributed by atoms with Crippen molar-refractivity contribution in [3.63, 3.8) is 0 Å². The van der Waals surface area contributed by atoms with Gasteiger partial charge in [-0.05, 0) is 30.2 Å². The highest BCUT2D eigenvalue weighted by Crippen LogP contribution is 2.13. The summed E-state index contributed by atoms with van der Waals surface area (Å²) in [6, 6.07) is 5.09. The zero-order chi connectivity index (χ0) is 13.0. The van der Waals surface area contributed by atoms with Gasteiger partial charge in [-0.3, -0.25) is 0 Å². The Balaban J connectivity index is 2.14. The van der Waals surface area contributed by atoms with Crippen LogP contribution in [-0.4, -0.2) is 21.0 Å². The summed E-state index contributed by atoms with van der Waals surface area (Å²) in [4.78, 5) is 18.7. The van der Waals surface area contributed by atoms with Crippen molar-refractivity contribution < 1.29 is 9.90 Å². The van der Waals surface area contributed by atoms with Crippen molar-refractivity contribution in [3.8, 4) is 0 Å². The Kier molecular flexibility index (Phi) is 3.52. The van der Waals surface area contributed by atoms with Crippen LogP contribution in [0.3, 0.4) is 0 Å². The predicted molar refractivity (Wildman–Crippen MR) is 67.5 cm³/mol. The van der Waals surface area contributed by atoms with Crippen LogP contribution < -0.4 is 5.32 Å². The molecule has 0 saturated heterocycles. The third-order valence-corrected chi connectivity index (χ3v) is 2.64. The van der Waals surface area contributed by atoms with Crippen LogP contribution >= 0.6 is 0 Å². The Morgan fingerprint density at radius 2 is 2.06 bits per heavy atom. The van der Waals surface area contributed by atoms with E-state index in [9.17, 15) is 4.79 Å². The number of hydrogen-bond acceptors (Lipinski definition) is 4. The molecule has 92 valence electrons. The van der Waals surface area contributed by atoms with E-state index in [0.29, 0.717) is 12.1 Å². The highest BCUT2D eigenvalue weighted by atomic mass is 16.4. The standard InChI is InChI=1S/C13H13N3O2/c1-9-2-3-10(13(17)18)4-11(9)5-16-12-6-14-8-15-7-12/h2-4,6-8,16H,5H2,1H3,(H,17,18).